The SMILES string of the molecule is CCC(C)C[Si](C)(C)OC(=O)O. The summed E-state index contributed by atoms with van der Waals surface area (Å²) >= 11 is 0. The van der Waals surface area contributed by atoms with Crippen molar-refractivity contribution >= 4 is 14.5 Å². The largest absolute Gasteiger partial charge is 0.491 e. The molecule has 0 aromatic heterocycles. The Bertz CT molecular complexity index is 156. The standard InChI is InChI=1S/C8H18O3Si/c1-5-7(2)6-12(3,4)11-8(9)10/h7H,5-6H2,1-4H3,(H,9,10). The number of carboxylic acid groups (broad SMARTS) is 1. The highest BCUT2D eigenvalue weighted by Crippen LogP contribution is 2.20. The summed E-state index contributed by atoms with van der Waals surface area (Å²) in [6.45, 7) is 8.11. The summed E-state index contributed by atoms with van der Waals surface area (Å²) in [6.07, 6.45) is -0.0469. The molecular weight excluding hydrogens is 172 g/mol. The van der Waals surface area contributed by atoms with Crippen molar-refractivity contribution in [2.75, 3.05) is 0 Å². The molecule has 4 heteroatoms. The molecule has 0 saturated carbocycles. The maximum atomic E-state index is 10.3. The summed E-state index contributed by atoms with van der Waals surface area (Å²) in [7, 11) is -1.95. The normalized spacial score (nSPS) is 14.0. The third-order valence-corrected chi connectivity index (χ3v) is 4.31. The predicted octanol–water partition coefficient (Wildman–Crippen LogP) is 2.93. The van der Waals surface area contributed by atoms with Gasteiger partial charge in [0.05, 0.1) is 0 Å². The van der Waals surface area contributed by atoms with Crippen LogP contribution in [0.2, 0.25) is 19.1 Å². The van der Waals surface area contributed by atoms with Gasteiger partial charge in [0.25, 0.3) is 8.32 Å². The van der Waals surface area contributed by atoms with Crippen LogP contribution < -0.4 is 0 Å². The molecule has 0 aliphatic carbocycles. The summed E-state index contributed by atoms with van der Waals surface area (Å²) in [5, 5.41) is 8.45. The molecule has 0 radical (unpaired) electrons. The van der Waals surface area contributed by atoms with Gasteiger partial charge in [0.15, 0.2) is 0 Å². The van der Waals surface area contributed by atoms with Gasteiger partial charge in [-0.25, -0.2) is 4.79 Å². The molecule has 0 amide bonds. The van der Waals surface area contributed by atoms with Crippen molar-refractivity contribution in [1.29, 1.82) is 0 Å². The molecule has 0 aromatic rings. The molecule has 12 heavy (non-hydrogen) atoms. The van der Waals surface area contributed by atoms with Crippen molar-refractivity contribution in [2.24, 2.45) is 5.92 Å². The van der Waals surface area contributed by atoms with Gasteiger partial charge in [-0.15, -0.1) is 0 Å². The summed E-state index contributed by atoms with van der Waals surface area (Å²) in [4.78, 5) is 10.3. The zero-order valence-electron chi connectivity index (χ0n) is 8.26. The zero-order chi connectivity index (χ0) is 9.78. The highest BCUT2D eigenvalue weighted by atomic mass is 28.4. The van der Waals surface area contributed by atoms with E-state index in [4.69, 9.17) is 9.53 Å². The van der Waals surface area contributed by atoms with Gasteiger partial charge in [-0.2, -0.15) is 0 Å². The second-order valence-electron chi connectivity index (χ2n) is 3.85. The van der Waals surface area contributed by atoms with Crippen LogP contribution in [0.4, 0.5) is 4.79 Å². The Morgan fingerprint density at radius 1 is 1.58 bits per heavy atom. The lowest BCUT2D eigenvalue weighted by Gasteiger charge is -2.23. The lowest BCUT2D eigenvalue weighted by atomic mass is 10.2. The topological polar surface area (TPSA) is 46.5 Å². The van der Waals surface area contributed by atoms with E-state index >= 15 is 0 Å². The highest BCUT2D eigenvalue weighted by molar-refractivity contribution is 6.72. The Morgan fingerprint density at radius 2 is 2.08 bits per heavy atom. The number of hydrogen-bond acceptors (Lipinski definition) is 2. The van der Waals surface area contributed by atoms with E-state index in [0.29, 0.717) is 5.92 Å². The van der Waals surface area contributed by atoms with Crippen LogP contribution in [0.5, 0.6) is 0 Å². The molecule has 3 nitrogen and oxygen atoms in total. The zero-order valence-corrected chi connectivity index (χ0v) is 9.26. The Hall–Kier alpha value is -0.513. The molecule has 0 spiro atoms. The smallest absolute Gasteiger partial charge is 0.490 e. The average Bonchev–Trinajstić information content (AvgIpc) is 1.83. The fourth-order valence-electron chi connectivity index (χ4n) is 1.26. The molecule has 0 rings (SSSR count). The highest BCUT2D eigenvalue weighted by Gasteiger charge is 2.28. The van der Waals surface area contributed by atoms with Crippen molar-refractivity contribution in [3.63, 3.8) is 0 Å². The van der Waals surface area contributed by atoms with E-state index in [1.54, 1.807) is 0 Å². The Labute approximate surface area is 74.9 Å². The second kappa shape index (κ2) is 4.50. The molecule has 0 aromatic carbocycles. The van der Waals surface area contributed by atoms with Gasteiger partial charge < -0.3 is 9.53 Å². The molecule has 1 N–H and O–H groups in total. The van der Waals surface area contributed by atoms with Crippen molar-refractivity contribution in [1.82, 2.24) is 0 Å². The van der Waals surface area contributed by atoms with E-state index in [1.807, 2.05) is 13.1 Å². The molecule has 1 atom stereocenters. The summed E-state index contributed by atoms with van der Waals surface area (Å²) in [5.41, 5.74) is 0. The van der Waals surface area contributed by atoms with Gasteiger partial charge in [-0.3, -0.25) is 0 Å². The lowest BCUT2D eigenvalue weighted by Crippen LogP contribution is -2.34. The first kappa shape index (κ1) is 11.5. The van der Waals surface area contributed by atoms with Gasteiger partial charge in [-0.05, 0) is 25.1 Å². The Morgan fingerprint density at radius 3 is 2.42 bits per heavy atom. The molecule has 72 valence electrons. The lowest BCUT2D eigenvalue weighted by molar-refractivity contribution is 0.141. The molecule has 0 aliphatic rings. The van der Waals surface area contributed by atoms with Crippen molar-refractivity contribution < 1.29 is 14.3 Å². The van der Waals surface area contributed by atoms with E-state index in [0.717, 1.165) is 12.5 Å². The second-order valence-corrected chi connectivity index (χ2v) is 7.98. The number of carbonyl (C=O) groups is 1. The van der Waals surface area contributed by atoms with Crippen LogP contribution in [0.25, 0.3) is 0 Å². The first-order valence-corrected chi connectivity index (χ1v) is 7.41. The third kappa shape index (κ3) is 5.18. The van der Waals surface area contributed by atoms with E-state index in [1.165, 1.54) is 0 Å². The van der Waals surface area contributed by atoms with Crippen molar-refractivity contribution in [3.8, 4) is 0 Å². The van der Waals surface area contributed by atoms with Crippen LogP contribution in [0.3, 0.4) is 0 Å². The quantitative estimate of drug-likeness (QED) is 0.693. The Kier molecular flexibility index (Phi) is 4.30. The minimum absolute atomic E-state index is 0.561. The van der Waals surface area contributed by atoms with Gasteiger partial charge in [-0.1, -0.05) is 20.3 Å². The summed E-state index contributed by atoms with van der Waals surface area (Å²) in [6, 6.07) is 0.913. The third-order valence-electron chi connectivity index (χ3n) is 1.90. The average molecular weight is 190 g/mol. The minimum Gasteiger partial charge on any atom is -0.490 e. The fourth-order valence-corrected chi connectivity index (χ4v) is 3.78. The first-order valence-electron chi connectivity index (χ1n) is 4.29. The van der Waals surface area contributed by atoms with Crippen LogP contribution in [0.15, 0.2) is 0 Å². The number of hydrogen-bond donors (Lipinski definition) is 1. The van der Waals surface area contributed by atoms with Gasteiger partial charge >= 0.3 is 6.16 Å². The monoisotopic (exact) mass is 190 g/mol. The van der Waals surface area contributed by atoms with Crippen LogP contribution in [0.1, 0.15) is 20.3 Å². The molecule has 0 aliphatic heterocycles. The maximum Gasteiger partial charge on any atom is 0.491 e. The Balaban J connectivity index is 3.94. The van der Waals surface area contributed by atoms with Crippen LogP contribution in [0, 0.1) is 5.92 Å². The number of rotatable bonds is 4. The van der Waals surface area contributed by atoms with Gasteiger partial charge in [0.1, 0.15) is 0 Å². The first-order chi connectivity index (χ1) is 5.37. The van der Waals surface area contributed by atoms with E-state index < -0.39 is 14.5 Å². The summed E-state index contributed by atoms with van der Waals surface area (Å²) < 4.78 is 4.87. The van der Waals surface area contributed by atoms with Crippen LogP contribution in [-0.2, 0) is 4.43 Å². The van der Waals surface area contributed by atoms with Crippen LogP contribution in [-0.4, -0.2) is 19.6 Å². The molecular formula is C8H18O3Si. The van der Waals surface area contributed by atoms with Crippen molar-refractivity contribution in [2.45, 2.75) is 39.4 Å². The van der Waals surface area contributed by atoms with E-state index in [2.05, 4.69) is 13.8 Å². The van der Waals surface area contributed by atoms with E-state index in [-0.39, 0.29) is 0 Å². The van der Waals surface area contributed by atoms with Gasteiger partial charge in [0, 0.05) is 0 Å². The molecule has 1 unspecified atom stereocenters. The fraction of sp³-hybridized carbons (Fsp3) is 0.875. The summed E-state index contributed by atoms with van der Waals surface area (Å²) in [5.74, 6) is 0.561. The molecule has 0 heterocycles. The maximum absolute atomic E-state index is 10.3. The van der Waals surface area contributed by atoms with Crippen LogP contribution >= 0.6 is 0 Å². The van der Waals surface area contributed by atoms with Crippen molar-refractivity contribution in [3.05, 3.63) is 0 Å². The molecule has 0 fully saturated rings. The van der Waals surface area contributed by atoms with Gasteiger partial charge in [0.2, 0.25) is 0 Å². The minimum atomic E-state index is -1.95. The van der Waals surface area contributed by atoms with E-state index in [9.17, 15) is 4.79 Å². The predicted molar refractivity (Wildman–Crippen MR) is 50.9 cm³/mol. The molecule has 0 saturated heterocycles. The molecule has 0 bridgehead atoms.